The summed E-state index contributed by atoms with van der Waals surface area (Å²) in [6, 6.07) is 13.6. The summed E-state index contributed by atoms with van der Waals surface area (Å²) in [5, 5.41) is 18.0. The molecule has 7 heteroatoms. The van der Waals surface area contributed by atoms with Crippen LogP contribution in [-0.2, 0) is 19.4 Å². The molecule has 0 amide bonds. The van der Waals surface area contributed by atoms with Crippen LogP contribution in [0.4, 0.5) is 17.1 Å². The van der Waals surface area contributed by atoms with Crippen molar-refractivity contribution in [2.75, 3.05) is 23.7 Å². The molecule has 0 spiro atoms. The Morgan fingerprint density at radius 3 is 2.89 bits per heavy atom. The van der Waals surface area contributed by atoms with E-state index in [9.17, 15) is 10.1 Å². The molecule has 1 aliphatic heterocycles. The number of benzene rings is 2. The Labute approximate surface area is 157 Å². The zero-order chi connectivity index (χ0) is 18.6. The van der Waals surface area contributed by atoms with Gasteiger partial charge in [-0.1, -0.05) is 30.3 Å². The SMILES string of the molecule is O=[N+]([O-])c1ccc2c(c1NCCc1nccn1Cc1ccccc1)CCN2. The lowest BCUT2D eigenvalue weighted by Gasteiger charge is -2.12. The predicted molar refractivity (Wildman–Crippen MR) is 105 cm³/mol. The quantitative estimate of drug-likeness (QED) is 0.496. The number of rotatable bonds is 7. The van der Waals surface area contributed by atoms with E-state index in [1.165, 1.54) is 5.56 Å². The van der Waals surface area contributed by atoms with E-state index in [1.807, 2.05) is 24.4 Å². The van der Waals surface area contributed by atoms with Crippen molar-refractivity contribution in [3.8, 4) is 0 Å². The van der Waals surface area contributed by atoms with E-state index >= 15 is 0 Å². The largest absolute Gasteiger partial charge is 0.384 e. The van der Waals surface area contributed by atoms with E-state index in [-0.39, 0.29) is 10.6 Å². The third kappa shape index (κ3) is 3.62. The number of hydrogen-bond acceptors (Lipinski definition) is 5. The number of nitrogens with zero attached hydrogens (tertiary/aromatic N) is 3. The molecule has 27 heavy (non-hydrogen) atoms. The summed E-state index contributed by atoms with van der Waals surface area (Å²) < 4.78 is 2.11. The maximum absolute atomic E-state index is 11.4. The molecule has 2 heterocycles. The van der Waals surface area contributed by atoms with Crippen molar-refractivity contribution in [1.82, 2.24) is 9.55 Å². The maximum atomic E-state index is 11.4. The van der Waals surface area contributed by atoms with Crippen molar-refractivity contribution in [2.24, 2.45) is 0 Å². The van der Waals surface area contributed by atoms with Gasteiger partial charge in [-0.25, -0.2) is 4.98 Å². The first-order chi connectivity index (χ1) is 13.2. The average Bonchev–Trinajstić information content (AvgIpc) is 3.32. The van der Waals surface area contributed by atoms with Crippen LogP contribution in [0.25, 0.3) is 0 Å². The normalized spacial score (nSPS) is 12.4. The minimum absolute atomic E-state index is 0.130. The Bertz CT molecular complexity index is 952. The molecule has 0 fully saturated rings. The number of nitrogens with one attached hydrogen (secondary N) is 2. The summed E-state index contributed by atoms with van der Waals surface area (Å²) in [5.41, 5.74) is 3.95. The molecule has 0 saturated carbocycles. The number of anilines is 2. The molecule has 0 unspecified atom stereocenters. The van der Waals surface area contributed by atoms with Crippen molar-refractivity contribution in [1.29, 1.82) is 0 Å². The maximum Gasteiger partial charge on any atom is 0.292 e. The highest BCUT2D eigenvalue weighted by molar-refractivity contribution is 5.77. The third-order valence-corrected chi connectivity index (χ3v) is 4.83. The van der Waals surface area contributed by atoms with E-state index in [1.54, 1.807) is 18.3 Å². The highest BCUT2D eigenvalue weighted by atomic mass is 16.6. The van der Waals surface area contributed by atoms with Crippen LogP contribution in [0.5, 0.6) is 0 Å². The molecule has 1 aliphatic rings. The van der Waals surface area contributed by atoms with Gasteiger partial charge in [-0.15, -0.1) is 0 Å². The second kappa shape index (κ2) is 7.49. The second-order valence-corrected chi connectivity index (χ2v) is 6.55. The molecular weight excluding hydrogens is 342 g/mol. The van der Waals surface area contributed by atoms with E-state index < -0.39 is 0 Å². The average molecular weight is 363 g/mol. The van der Waals surface area contributed by atoms with Gasteiger partial charge in [0.15, 0.2) is 0 Å². The highest BCUT2D eigenvalue weighted by Gasteiger charge is 2.23. The standard InChI is InChI=1S/C20H21N5O2/c26-25(27)18-7-6-17-16(8-10-21-17)20(18)23-11-9-19-22-12-13-24(19)14-15-4-2-1-3-5-15/h1-7,12-13,21,23H,8-11,14H2. The number of fused-ring (bicyclic) bond motifs is 1. The number of imidazole rings is 1. The predicted octanol–water partition coefficient (Wildman–Crippen LogP) is 3.46. The van der Waals surface area contributed by atoms with Gasteiger partial charge in [0.05, 0.1) is 4.92 Å². The summed E-state index contributed by atoms with van der Waals surface area (Å²) >= 11 is 0. The Morgan fingerprint density at radius 2 is 2.07 bits per heavy atom. The first kappa shape index (κ1) is 17.1. The minimum Gasteiger partial charge on any atom is -0.384 e. The van der Waals surface area contributed by atoms with Crippen LogP contribution in [-0.4, -0.2) is 27.6 Å². The zero-order valence-corrected chi connectivity index (χ0v) is 14.9. The van der Waals surface area contributed by atoms with Gasteiger partial charge in [0.2, 0.25) is 0 Å². The van der Waals surface area contributed by atoms with E-state index in [4.69, 9.17) is 0 Å². The lowest BCUT2D eigenvalue weighted by molar-refractivity contribution is -0.384. The van der Waals surface area contributed by atoms with Crippen LogP contribution in [0.1, 0.15) is 17.0 Å². The van der Waals surface area contributed by atoms with Crippen LogP contribution >= 0.6 is 0 Å². The molecule has 3 aromatic rings. The fourth-order valence-corrected chi connectivity index (χ4v) is 3.52. The number of nitro groups is 1. The van der Waals surface area contributed by atoms with E-state index in [0.717, 1.165) is 36.6 Å². The van der Waals surface area contributed by atoms with Gasteiger partial charge >= 0.3 is 0 Å². The lowest BCUT2D eigenvalue weighted by Crippen LogP contribution is -2.12. The summed E-state index contributed by atoms with van der Waals surface area (Å²) in [6.45, 7) is 2.16. The molecular formula is C20H21N5O2. The number of hydrogen-bond donors (Lipinski definition) is 2. The second-order valence-electron chi connectivity index (χ2n) is 6.55. The molecule has 1 aromatic heterocycles. The molecule has 2 aromatic carbocycles. The molecule has 4 rings (SSSR count). The molecule has 7 nitrogen and oxygen atoms in total. The third-order valence-electron chi connectivity index (χ3n) is 4.83. The number of aromatic nitrogens is 2. The fraction of sp³-hybridized carbons (Fsp3) is 0.250. The Kier molecular flexibility index (Phi) is 4.74. The van der Waals surface area contributed by atoms with Gasteiger partial charge in [-0.3, -0.25) is 10.1 Å². The molecule has 0 bridgehead atoms. The van der Waals surface area contributed by atoms with Crippen LogP contribution in [0.3, 0.4) is 0 Å². The first-order valence-corrected chi connectivity index (χ1v) is 9.04. The van der Waals surface area contributed by atoms with Crippen molar-refractivity contribution in [3.63, 3.8) is 0 Å². The van der Waals surface area contributed by atoms with Crippen LogP contribution in [0.15, 0.2) is 54.9 Å². The fourth-order valence-electron chi connectivity index (χ4n) is 3.52. The molecule has 0 aliphatic carbocycles. The summed E-state index contributed by atoms with van der Waals surface area (Å²) in [7, 11) is 0. The molecule has 0 saturated heterocycles. The monoisotopic (exact) mass is 363 g/mol. The lowest BCUT2D eigenvalue weighted by atomic mass is 10.1. The Balaban J connectivity index is 1.47. The Morgan fingerprint density at radius 1 is 1.22 bits per heavy atom. The summed E-state index contributed by atoms with van der Waals surface area (Å²) in [4.78, 5) is 15.5. The summed E-state index contributed by atoms with van der Waals surface area (Å²) in [6.07, 6.45) is 5.25. The molecule has 2 N–H and O–H groups in total. The molecule has 0 radical (unpaired) electrons. The van der Waals surface area contributed by atoms with Gasteiger partial charge in [-0.2, -0.15) is 0 Å². The Hall–Kier alpha value is -3.35. The van der Waals surface area contributed by atoms with Crippen molar-refractivity contribution in [3.05, 3.63) is 81.9 Å². The van der Waals surface area contributed by atoms with Gasteiger partial charge in [0.1, 0.15) is 11.5 Å². The van der Waals surface area contributed by atoms with Gasteiger partial charge in [-0.05, 0) is 18.1 Å². The van der Waals surface area contributed by atoms with Crippen LogP contribution in [0.2, 0.25) is 0 Å². The molecule has 138 valence electrons. The van der Waals surface area contributed by atoms with Gasteiger partial charge < -0.3 is 15.2 Å². The highest BCUT2D eigenvalue weighted by Crippen LogP contribution is 2.36. The van der Waals surface area contributed by atoms with Crippen LogP contribution < -0.4 is 10.6 Å². The first-order valence-electron chi connectivity index (χ1n) is 9.04. The van der Waals surface area contributed by atoms with Crippen molar-refractivity contribution < 1.29 is 4.92 Å². The van der Waals surface area contributed by atoms with Gasteiger partial charge in [0.25, 0.3) is 5.69 Å². The van der Waals surface area contributed by atoms with Crippen molar-refractivity contribution >= 4 is 17.1 Å². The topological polar surface area (TPSA) is 85.0 Å². The minimum atomic E-state index is -0.322. The van der Waals surface area contributed by atoms with Crippen LogP contribution in [0, 0.1) is 10.1 Å². The zero-order valence-electron chi connectivity index (χ0n) is 14.9. The molecule has 0 atom stereocenters. The smallest absolute Gasteiger partial charge is 0.292 e. The van der Waals surface area contributed by atoms with E-state index in [2.05, 4.69) is 32.3 Å². The summed E-state index contributed by atoms with van der Waals surface area (Å²) in [5.74, 6) is 0.958. The van der Waals surface area contributed by atoms with Crippen molar-refractivity contribution in [2.45, 2.75) is 19.4 Å². The van der Waals surface area contributed by atoms with E-state index in [0.29, 0.717) is 18.7 Å². The van der Waals surface area contributed by atoms with Gasteiger partial charge in [0, 0.05) is 55.8 Å². The number of nitro benzene ring substituents is 1.